The van der Waals surface area contributed by atoms with Gasteiger partial charge in [0.15, 0.2) is 0 Å². The highest BCUT2D eigenvalue weighted by Gasteiger charge is 2.35. The van der Waals surface area contributed by atoms with Crippen LogP contribution in [0.25, 0.3) is 0 Å². The van der Waals surface area contributed by atoms with Crippen LogP contribution < -0.4 is 5.32 Å². The van der Waals surface area contributed by atoms with Crippen molar-refractivity contribution in [2.24, 2.45) is 0 Å². The van der Waals surface area contributed by atoms with Gasteiger partial charge in [-0.25, -0.2) is 4.39 Å². The molecule has 0 heterocycles. The monoisotopic (exact) mass is 277 g/mol. The lowest BCUT2D eigenvalue weighted by molar-refractivity contribution is -0.140. The van der Waals surface area contributed by atoms with E-state index in [0.717, 1.165) is 6.07 Å². The molecule has 0 unspecified atom stereocenters. The third-order valence-electron chi connectivity index (χ3n) is 2.98. The number of nitrogens with one attached hydrogen (secondary N) is 1. The Morgan fingerprint density at radius 3 is 2.47 bits per heavy atom. The highest BCUT2D eigenvalue weighted by Crippen LogP contribution is 2.32. The van der Waals surface area contributed by atoms with Crippen LogP contribution in [0.4, 0.5) is 17.6 Å². The maximum atomic E-state index is 13.0. The SMILES string of the molecule is O=C(NC1CC(O)C1)c1ccc(F)c(C(F)(F)F)c1. The van der Waals surface area contributed by atoms with Crippen molar-refractivity contribution in [3.05, 3.63) is 35.1 Å². The molecule has 0 aliphatic heterocycles. The van der Waals surface area contributed by atoms with Crippen molar-refractivity contribution in [3.8, 4) is 0 Å². The Morgan fingerprint density at radius 2 is 1.95 bits per heavy atom. The molecule has 7 heteroatoms. The molecule has 1 aliphatic carbocycles. The van der Waals surface area contributed by atoms with Crippen LogP contribution in [0.1, 0.15) is 28.8 Å². The van der Waals surface area contributed by atoms with E-state index in [9.17, 15) is 22.4 Å². The molecule has 1 saturated carbocycles. The lowest BCUT2D eigenvalue weighted by Crippen LogP contribution is -2.46. The van der Waals surface area contributed by atoms with E-state index in [1.54, 1.807) is 0 Å². The van der Waals surface area contributed by atoms with Gasteiger partial charge in [-0.15, -0.1) is 0 Å². The van der Waals surface area contributed by atoms with Gasteiger partial charge in [-0.3, -0.25) is 4.79 Å². The second-order valence-electron chi connectivity index (χ2n) is 4.49. The number of aliphatic hydroxyl groups excluding tert-OH is 1. The number of rotatable bonds is 2. The summed E-state index contributed by atoms with van der Waals surface area (Å²) in [5.74, 6) is -2.12. The topological polar surface area (TPSA) is 49.3 Å². The normalized spacial score (nSPS) is 22.8. The smallest absolute Gasteiger partial charge is 0.393 e. The second-order valence-corrected chi connectivity index (χ2v) is 4.49. The molecule has 1 aromatic rings. The van der Waals surface area contributed by atoms with Crippen molar-refractivity contribution in [1.82, 2.24) is 5.32 Å². The molecule has 2 rings (SSSR count). The fourth-order valence-electron chi connectivity index (χ4n) is 1.86. The summed E-state index contributed by atoms with van der Waals surface area (Å²) in [5, 5.41) is 11.5. The molecule has 0 atom stereocenters. The largest absolute Gasteiger partial charge is 0.419 e. The number of aliphatic hydroxyl groups is 1. The van der Waals surface area contributed by atoms with Crippen LogP contribution in [0.15, 0.2) is 18.2 Å². The number of hydrogen-bond acceptors (Lipinski definition) is 2. The maximum absolute atomic E-state index is 13.0. The van der Waals surface area contributed by atoms with Crippen molar-refractivity contribution in [3.63, 3.8) is 0 Å². The zero-order chi connectivity index (χ0) is 14.2. The molecule has 0 radical (unpaired) electrons. The Hall–Kier alpha value is -1.63. The first kappa shape index (κ1) is 13.8. The Kier molecular flexibility index (Phi) is 3.49. The Balaban J connectivity index is 2.14. The van der Waals surface area contributed by atoms with E-state index in [0.29, 0.717) is 25.0 Å². The van der Waals surface area contributed by atoms with Gasteiger partial charge in [0, 0.05) is 11.6 Å². The summed E-state index contributed by atoms with van der Waals surface area (Å²) in [6.07, 6.45) is -4.57. The predicted molar refractivity (Wildman–Crippen MR) is 57.9 cm³/mol. The summed E-state index contributed by atoms with van der Waals surface area (Å²) < 4.78 is 50.5. The highest BCUT2D eigenvalue weighted by molar-refractivity contribution is 5.94. The maximum Gasteiger partial charge on any atom is 0.419 e. The van der Waals surface area contributed by atoms with E-state index in [2.05, 4.69) is 5.32 Å². The summed E-state index contributed by atoms with van der Waals surface area (Å²) in [4.78, 5) is 11.7. The van der Waals surface area contributed by atoms with Crippen molar-refractivity contribution < 1.29 is 27.5 Å². The van der Waals surface area contributed by atoms with Gasteiger partial charge in [0.25, 0.3) is 5.91 Å². The van der Waals surface area contributed by atoms with Crippen molar-refractivity contribution in [1.29, 1.82) is 0 Å². The van der Waals surface area contributed by atoms with Crippen LogP contribution in [-0.4, -0.2) is 23.2 Å². The molecular weight excluding hydrogens is 266 g/mol. The molecule has 2 N–H and O–H groups in total. The van der Waals surface area contributed by atoms with E-state index in [-0.39, 0.29) is 11.6 Å². The van der Waals surface area contributed by atoms with Crippen molar-refractivity contribution in [2.75, 3.05) is 0 Å². The van der Waals surface area contributed by atoms with Crippen LogP contribution >= 0.6 is 0 Å². The van der Waals surface area contributed by atoms with E-state index < -0.39 is 29.6 Å². The fraction of sp³-hybridized carbons (Fsp3) is 0.417. The molecule has 0 saturated heterocycles. The molecule has 3 nitrogen and oxygen atoms in total. The minimum Gasteiger partial charge on any atom is -0.393 e. The van der Waals surface area contributed by atoms with Gasteiger partial charge < -0.3 is 10.4 Å². The standard InChI is InChI=1S/C12H11F4NO2/c13-10-2-1-6(3-9(10)12(14,15)16)11(19)17-7-4-8(18)5-7/h1-3,7-8,18H,4-5H2,(H,17,19). The second kappa shape index (κ2) is 4.80. The van der Waals surface area contributed by atoms with E-state index >= 15 is 0 Å². The summed E-state index contributed by atoms with van der Waals surface area (Å²) in [7, 11) is 0. The summed E-state index contributed by atoms with van der Waals surface area (Å²) in [5.41, 5.74) is -1.72. The average Bonchev–Trinajstić information content (AvgIpc) is 2.25. The average molecular weight is 277 g/mol. The minimum atomic E-state index is -4.84. The lowest BCUT2D eigenvalue weighted by atomic mass is 9.89. The summed E-state index contributed by atoms with van der Waals surface area (Å²) >= 11 is 0. The minimum absolute atomic E-state index is 0.248. The van der Waals surface area contributed by atoms with Crippen LogP contribution in [0.2, 0.25) is 0 Å². The fourth-order valence-corrected chi connectivity index (χ4v) is 1.86. The van der Waals surface area contributed by atoms with Gasteiger partial charge in [0.05, 0.1) is 11.7 Å². The molecule has 104 valence electrons. The number of alkyl halides is 3. The lowest BCUT2D eigenvalue weighted by Gasteiger charge is -2.31. The molecule has 0 spiro atoms. The highest BCUT2D eigenvalue weighted by atomic mass is 19.4. The Morgan fingerprint density at radius 1 is 1.32 bits per heavy atom. The summed E-state index contributed by atoms with van der Waals surface area (Å²) in [6.45, 7) is 0. The number of carbonyl (C=O) groups is 1. The van der Waals surface area contributed by atoms with Crippen LogP contribution in [0.3, 0.4) is 0 Å². The molecule has 1 fully saturated rings. The number of benzene rings is 1. The molecule has 0 bridgehead atoms. The van der Waals surface area contributed by atoms with Gasteiger partial charge in [0.2, 0.25) is 0 Å². The Labute approximate surface area is 106 Å². The number of amides is 1. The molecule has 1 aliphatic rings. The van der Waals surface area contributed by atoms with Gasteiger partial charge in [-0.2, -0.15) is 13.2 Å². The number of halogens is 4. The number of carbonyl (C=O) groups excluding carboxylic acids is 1. The van der Waals surface area contributed by atoms with Crippen LogP contribution in [0.5, 0.6) is 0 Å². The van der Waals surface area contributed by atoms with E-state index in [4.69, 9.17) is 5.11 Å². The zero-order valence-electron chi connectivity index (χ0n) is 9.67. The van der Waals surface area contributed by atoms with Crippen molar-refractivity contribution in [2.45, 2.75) is 31.2 Å². The third-order valence-corrected chi connectivity index (χ3v) is 2.98. The molecule has 0 aromatic heterocycles. The first-order chi connectivity index (χ1) is 8.77. The van der Waals surface area contributed by atoms with Gasteiger partial charge in [-0.1, -0.05) is 0 Å². The molecule has 1 aromatic carbocycles. The van der Waals surface area contributed by atoms with E-state index in [1.807, 2.05) is 0 Å². The Bertz CT molecular complexity index is 495. The van der Waals surface area contributed by atoms with Crippen LogP contribution in [0, 0.1) is 5.82 Å². The number of hydrogen-bond donors (Lipinski definition) is 2. The van der Waals surface area contributed by atoms with Crippen molar-refractivity contribution >= 4 is 5.91 Å². The predicted octanol–water partition coefficient (Wildman–Crippen LogP) is 2.10. The summed E-state index contributed by atoms with van der Waals surface area (Å²) in [6, 6.07) is 1.85. The first-order valence-electron chi connectivity index (χ1n) is 5.63. The van der Waals surface area contributed by atoms with E-state index in [1.165, 1.54) is 0 Å². The molecule has 19 heavy (non-hydrogen) atoms. The zero-order valence-corrected chi connectivity index (χ0v) is 9.67. The quantitative estimate of drug-likeness (QED) is 0.813. The van der Waals surface area contributed by atoms with Gasteiger partial charge >= 0.3 is 6.18 Å². The molecular formula is C12H11F4NO2. The van der Waals surface area contributed by atoms with Gasteiger partial charge in [0.1, 0.15) is 5.82 Å². The van der Waals surface area contributed by atoms with Gasteiger partial charge in [-0.05, 0) is 31.0 Å². The molecule has 1 amide bonds. The third kappa shape index (κ3) is 3.04. The first-order valence-corrected chi connectivity index (χ1v) is 5.63. The van der Waals surface area contributed by atoms with Crippen LogP contribution in [-0.2, 0) is 6.18 Å².